The van der Waals surface area contributed by atoms with Crippen molar-refractivity contribution >= 4 is 5.69 Å². The van der Waals surface area contributed by atoms with Gasteiger partial charge in [-0.05, 0) is 43.7 Å². The van der Waals surface area contributed by atoms with Crippen LogP contribution in [0.25, 0.3) is 0 Å². The maximum absolute atomic E-state index is 5.36. The van der Waals surface area contributed by atoms with Crippen molar-refractivity contribution in [3.05, 3.63) is 53.3 Å². The van der Waals surface area contributed by atoms with Crippen LogP contribution in [0, 0.1) is 6.92 Å². The van der Waals surface area contributed by atoms with E-state index in [2.05, 4.69) is 29.4 Å². The molecule has 0 saturated heterocycles. The van der Waals surface area contributed by atoms with Crippen LogP contribution in [0.1, 0.15) is 29.8 Å². The number of methoxy groups -OCH3 is 2. The molecule has 4 heteroatoms. The maximum Gasteiger partial charge on any atom is 0.124 e. The van der Waals surface area contributed by atoms with E-state index in [0.717, 1.165) is 22.7 Å². The van der Waals surface area contributed by atoms with E-state index < -0.39 is 0 Å². The highest BCUT2D eigenvalue weighted by Gasteiger charge is 2.10. The minimum Gasteiger partial charge on any atom is -0.496 e. The molecule has 1 aromatic heterocycles. The predicted molar refractivity (Wildman–Crippen MR) is 84.7 cm³/mol. The van der Waals surface area contributed by atoms with Gasteiger partial charge < -0.3 is 14.8 Å². The number of nitrogens with one attached hydrogen (secondary N) is 1. The molecule has 4 nitrogen and oxygen atoms in total. The van der Waals surface area contributed by atoms with Gasteiger partial charge in [-0.3, -0.25) is 4.98 Å². The fraction of sp³-hybridized carbons (Fsp3) is 0.353. The van der Waals surface area contributed by atoms with Crippen LogP contribution < -0.4 is 10.1 Å². The second kappa shape index (κ2) is 7.09. The van der Waals surface area contributed by atoms with Gasteiger partial charge in [0.15, 0.2) is 0 Å². The van der Waals surface area contributed by atoms with Crippen molar-refractivity contribution in [2.24, 2.45) is 0 Å². The lowest BCUT2D eigenvalue weighted by molar-refractivity contribution is 0.181. The van der Waals surface area contributed by atoms with Crippen LogP contribution >= 0.6 is 0 Å². The lowest BCUT2D eigenvalue weighted by Crippen LogP contribution is -2.09. The molecule has 2 aromatic rings. The van der Waals surface area contributed by atoms with Crippen molar-refractivity contribution in [1.82, 2.24) is 4.98 Å². The van der Waals surface area contributed by atoms with E-state index in [1.165, 1.54) is 5.56 Å². The fourth-order valence-corrected chi connectivity index (χ4v) is 2.29. The summed E-state index contributed by atoms with van der Waals surface area (Å²) in [6.45, 7) is 4.67. The van der Waals surface area contributed by atoms with Gasteiger partial charge in [-0.15, -0.1) is 0 Å². The summed E-state index contributed by atoms with van der Waals surface area (Å²) in [6, 6.07) is 10.3. The van der Waals surface area contributed by atoms with E-state index in [1.807, 2.05) is 25.1 Å². The van der Waals surface area contributed by atoms with Crippen molar-refractivity contribution in [2.45, 2.75) is 26.5 Å². The third-order valence-electron chi connectivity index (χ3n) is 3.48. The Labute approximate surface area is 126 Å². The molecule has 1 atom stereocenters. The Hall–Kier alpha value is -2.07. The highest BCUT2D eigenvalue weighted by Crippen LogP contribution is 2.26. The number of aryl methyl sites for hydroxylation is 1. The van der Waals surface area contributed by atoms with Crippen LogP contribution in [0.5, 0.6) is 5.75 Å². The van der Waals surface area contributed by atoms with E-state index in [1.54, 1.807) is 20.4 Å². The normalized spacial score (nSPS) is 12.0. The highest BCUT2D eigenvalue weighted by molar-refractivity contribution is 5.49. The molecule has 1 N–H and O–H groups in total. The van der Waals surface area contributed by atoms with Crippen molar-refractivity contribution in [1.29, 1.82) is 0 Å². The van der Waals surface area contributed by atoms with Crippen molar-refractivity contribution in [3.8, 4) is 5.75 Å². The molecule has 2 rings (SSSR count). The van der Waals surface area contributed by atoms with E-state index in [0.29, 0.717) is 6.61 Å². The lowest BCUT2D eigenvalue weighted by atomic mass is 10.0. The largest absolute Gasteiger partial charge is 0.496 e. The molecule has 0 saturated carbocycles. The van der Waals surface area contributed by atoms with Crippen LogP contribution in [0.15, 0.2) is 36.5 Å². The third-order valence-corrected chi connectivity index (χ3v) is 3.48. The Balaban J connectivity index is 2.21. The van der Waals surface area contributed by atoms with Gasteiger partial charge in [0.1, 0.15) is 5.75 Å². The zero-order chi connectivity index (χ0) is 15.2. The Morgan fingerprint density at radius 3 is 2.71 bits per heavy atom. The van der Waals surface area contributed by atoms with E-state index in [9.17, 15) is 0 Å². The number of aromatic nitrogens is 1. The average Bonchev–Trinajstić information content (AvgIpc) is 2.50. The van der Waals surface area contributed by atoms with Gasteiger partial charge in [0, 0.05) is 24.9 Å². The standard InChI is InChI=1S/C17H22N2O2/c1-12(19-16-6-5-9-18-13(16)2)14-7-8-17(21-4)15(10-14)11-20-3/h5-10,12,19H,11H2,1-4H3. The highest BCUT2D eigenvalue weighted by atomic mass is 16.5. The molecule has 0 aliphatic heterocycles. The predicted octanol–water partition coefficient (Wildman–Crippen LogP) is 3.72. The number of rotatable bonds is 6. The quantitative estimate of drug-likeness (QED) is 0.879. The molecule has 112 valence electrons. The molecule has 0 bridgehead atoms. The number of ether oxygens (including phenoxy) is 2. The number of anilines is 1. The lowest BCUT2D eigenvalue weighted by Gasteiger charge is -2.18. The van der Waals surface area contributed by atoms with Gasteiger partial charge in [0.25, 0.3) is 0 Å². The molecule has 0 aliphatic rings. The maximum atomic E-state index is 5.36. The molecular weight excluding hydrogens is 264 g/mol. The molecule has 0 fully saturated rings. The third kappa shape index (κ3) is 3.73. The SMILES string of the molecule is COCc1cc(C(C)Nc2cccnc2C)ccc1OC. The summed E-state index contributed by atoms with van der Waals surface area (Å²) < 4.78 is 10.6. The van der Waals surface area contributed by atoms with Crippen molar-refractivity contribution < 1.29 is 9.47 Å². The number of hydrogen-bond acceptors (Lipinski definition) is 4. The minimum atomic E-state index is 0.175. The number of benzene rings is 1. The number of nitrogens with zero attached hydrogens (tertiary/aromatic N) is 1. The first-order valence-corrected chi connectivity index (χ1v) is 6.99. The first kappa shape index (κ1) is 15.3. The second-order valence-corrected chi connectivity index (χ2v) is 5.01. The topological polar surface area (TPSA) is 43.4 Å². The summed E-state index contributed by atoms with van der Waals surface area (Å²) in [5, 5.41) is 3.49. The fourth-order valence-electron chi connectivity index (χ4n) is 2.29. The summed E-state index contributed by atoms with van der Waals surface area (Å²) in [5.41, 5.74) is 4.28. The molecule has 0 radical (unpaired) electrons. The monoisotopic (exact) mass is 286 g/mol. The van der Waals surface area contributed by atoms with Crippen LogP contribution in [-0.2, 0) is 11.3 Å². The van der Waals surface area contributed by atoms with Crippen molar-refractivity contribution in [3.63, 3.8) is 0 Å². The molecule has 21 heavy (non-hydrogen) atoms. The Morgan fingerprint density at radius 2 is 2.05 bits per heavy atom. The van der Waals surface area contributed by atoms with Crippen molar-refractivity contribution in [2.75, 3.05) is 19.5 Å². The molecular formula is C17H22N2O2. The van der Waals surface area contributed by atoms with Crippen LogP contribution in [-0.4, -0.2) is 19.2 Å². The van der Waals surface area contributed by atoms with Gasteiger partial charge in [0.05, 0.1) is 25.1 Å². The summed E-state index contributed by atoms with van der Waals surface area (Å²) >= 11 is 0. The summed E-state index contributed by atoms with van der Waals surface area (Å²) in [5.74, 6) is 0.852. The van der Waals surface area contributed by atoms with Gasteiger partial charge in [-0.2, -0.15) is 0 Å². The van der Waals surface area contributed by atoms with E-state index >= 15 is 0 Å². The number of hydrogen-bond donors (Lipinski definition) is 1. The number of pyridine rings is 1. The van der Waals surface area contributed by atoms with Crippen LogP contribution in [0.4, 0.5) is 5.69 Å². The minimum absolute atomic E-state index is 0.175. The summed E-state index contributed by atoms with van der Waals surface area (Å²) in [4.78, 5) is 4.30. The first-order chi connectivity index (χ1) is 10.2. The van der Waals surface area contributed by atoms with Gasteiger partial charge in [0.2, 0.25) is 0 Å². The molecule has 0 aliphatic carbocycles. The van der Waals surface area contributed by atoms with Crippen LogP contribution in [0.2, 0.25) is 0 Å². The molecule has 1 heterocycles. The smallest absolute Gasteiger partial charge is 0.124 e. The molecule has 1 aromatic carbocycles. The van der Waals surface area contributed by atoms with Gasteiger partial charge in [-0.25, -0.2) is 0 Å². The van der Waals surface area contributed by atoms with E-state index in [4.69, 9.17) is 9.47 Å². The second-order valence-electron chi connectivity index (χ2n) is 5.01. The van der Waals surface area contributed by atoms with Crippen LogP contribution in [0.3, 0.4) is 0 Å². The van der Waals surface area contributed by atoms with E-state index in [-0.39, 0.29) is 6.04 Å². The Kier molecular flexibility index (Phi) is 5.17. The average molecular weight is 286 g/mol. The molecule has 1 unspecified atom stereocenters. The summed E-state index contributed by atoms with van der Waals surface area (Å²) in [7, 11) is 3.36. The van der Waals surface area contributed by atoms with Gasteiger partial charge >= 0.3 is 0 Å². The Bertz CT molecular complexity index is 599. The van der Waals surface area contributed by atoms with Gasteiger partial charge in [-0.1, -0.05) is 6.07 Å². The Morgan fingerprint density at radius 1 is 1.24 bits per heavy atom. The zero-order valence-corrected chi connectivity index (χ0v) is 13.0. The molecule has 0 spiro atoms. The zero-order valence-electron chi connectivity index (χ0n) is 13.0. The summed E-state index contributed by atoms with van der Waals surface area (Å²) in [6.07, 6.45) is 1.80. The molecule has 0 amide bonds. The first-order valence-electron chi connectivity index (χ1n) is 6.99.